The molecule has 0 heterocycles. The van der Waals surface area contributed by atoms with Gasteiger partial charge in [-0.05, 0) is 55.7 Å². The Labute approximate surface area is 207 Å². The van der Waals surface area contributed by atoms with Gasteiger partial charge in [0.2, 0.25) is 0 Å². The maximum atomic E-state index is 9.22. The van der Waals surface area contributed by atoms with E-state index in [2.05, 4.69) is 38.1 Å². The second-order valence-corrected chi connectivity index (χ2v) is 10.6. The molecule has 2 aliphatic carbocycles. The molecule has 34 heavy (non-hydrogen) atoms. The molecular formula is C30H48O4. The molecule has 1 saturated carbocycles. The molecule has 0 saturated heterocycles. The lowest BCUT2D eigenvalue weighted by molar-refractivity contribution is -0.00383. The largest absolute Gasteiger partial charge is 0.491 e. The second kappa shape index (κ2) is 14.3. The summed E-state index contributed by atoms with van der Waals surface area (Å²) >= 11 is 0. The van der Waals surface area contributed by atoms with Crippen LogP contribution in [-0.2, 0) is 10.2 Å². The summed E-state index contributed by atoms with van der Waals surface area (Å²) in [5.74, 6) is 1.34. The van der Waals surface area contributed by atoms with Gasteiger partial charge < -0.3 is 19.7 Å². The van der Waals surface area contributed by atoms with Gasteiger partial charge in [-0.25, -0.2) is 0 Å². The van der Waals surface area contributed by atoms with Gasteiger partial charge in [0, 0.05) is 5.41 Å². The highest BCUT2D eigenvalue weighted by Crippen LogP contribution is 2.48. The monoisotopic (exact) mass is 472 g/mol. The molecule has 4 heteroatoms. The number of aliphatic hydroxyl groups is 2. The number of rotatable bonds is 8. The van der Waals surface area contributed by atoms with Crippen molar-refractivity contribution < 1.29 is 19.7 Å². The number of ether oxygens (including phenoxy) is 2. The molecule has 1 aromatic rings. The Kier molecular flexibility index (Phi) is 11.4. The summed E-state index contributed by atoms with van der Waals surface area (Å²) in [7, 11) is 0. The molecule has 0 radical (unpaired) electrons. The van der Waals surface area contributed by atoms with Crippen LogP contribution in [0.5, 0.6) is 5.75 Å². The fraction of sp³-hybridized carbons (Fsp3) is 0.733. The van der Waals surface area contributed by atoms with Crippen LogP contribution in [0.4, 0.5) is 0 Å². The minimum Gasteiger partial charge on any atom is -0.491 e. The molecule has 0 aromatic heterocycles. The molecule has 0 amide bonds. The van der Waals surface area contributed by atoms with Crippen molar-refractivity contribution in [1.82, 2.24) is 0 Å². The van der Waals surface area contributed by atoms with Gasteiger partial charge in [-0.1, -0.05) is 88.5 Å². The van der Waals surface area contributed by atoms with Gasteiger partial charge in [0.1, 0.15) is 12.4 Å². The van der Waals surface area contributed by atoms with Crippen LogP contribution < -0.4 is 4.74 Å². The van der Waals surface area contributed by atoms with Gasteiger partial charge >= 0.3 is 0 Å². The van der Waals surface area contributed by atoms with E-state index in [1.807, 2.05) is 0 Å². The first-order chi connectivity index (χ1) is 16.6. The van der Waals surface area contributed by atoms with Crippen LogP contribution in [0.1, 0.15) is 102 Å². The fourth-order valence-corrected chi connectivity index (χ4v) is 6.16. The lowest BCUT2D eigenvalue weighted by Crippen LogP contribution is -2.35. The molecule has 1 fully saturated rings. The molecular weight excluding hydrogens is 424 g/mol. The van der Waals surface area contributed by atoms with Gasteiger partial charge in [0.15, 0.2) is 0 Å². The molecule has 1 aromatic carbocycles. The first-order valence-electron chi connectivity index (χ1n) is 13.9. The molecule has 2 aliphatic rings. The summed E-state index contributed by atoms with van der Waals surface area (Å²) < 4.78 is 11.8. The van der Waals surface area contributed by atoms with Gasteiger partial charge in [-0.15, -0.1) is 0 Å². The topological polar surface area (TPSA) is 58.9 Å². The van der Waals surface area contributed by atoms with Crippen LogP contribution in [-0.4, -0.2) is 42.7 Å². The maximum absolute atomic E-state index is 9.22. The molecule has 3 rings (SSSR count). The fourth-order valence-electron chi connectivity index (χ4n) is 6.16. The minimum atomic E-state index is 0.0371. The van der Waals surface area contributed by atoms with Crippen molar-refractivity contribution in [3.05, 3.63) is 41.0 Å². The van der Waals surface area contributed by atoms with Crippen molar-refractivity contribution in [3.63, 3.8) is 0 Å². The van der Waals surface area contributed by atoms with Gasteiger partial charge in [-0.2, -0.15) is 0 Å². The highest BCUT2D eigenvalue weighted by Gasteiger charge is 2.38. The molecule has 0 bridgehead atoms. The number of benzene rings is 1. The Morgan fingerprint density at radius 2 is 1.50 bits per heavy atom. The van der Waals surface area contributed by atoms with Crippen molar-refractivity contribution in [1.29, 1.82) is 0 Å². The molecule has 0 aliphatic heterocycles. The van der Waals surface area contributed by atoms with Crippen LogP contribution in [0.15, 0.2) is 29.8 Å². The number of aryl methyl sites for hydroxylation is 1. The summed E-state index contributed by atoms with van der Waals surface area (Å²) in [6.45, 7) is 5.34. The van der Waals surface area contributed by atoms with Crippen molar-refractivity contribution in [2.45, 2.75) is 109 Å². The molecule has 4 nitrogen and oxygen atoms in total. The molecule has 2 atom stereocenters. The van der Waals surface area contributed by atoms with E-state index < -0.39 is 0 Å². The zero-order chi connectivity index (χ0) is 24.2. The van der Waals surface area contributed by atoms with E-state index in [1.165, 1.54) is 76.2 Å². The Hall–Kier alpha value is -1.36. The van der Waals surface area contributed by atoms with Gasteiger partial charge in [0.25, 0.3) is 0 Å². The van der Waals surface area contributed by atoms with Crippen LogP contribution >= 0.6 is 0 Å². The zero-order valence-electron chi connectivity index (χ0n) is 21.7. The predicted molar refractivity (Wildman–Crippen MR) is 140 cm³/mol. The highest BCUT2D eigenvalue weighted by molar-refractivity contribution is 5.44. The average Bonchev–Trinajstić information content (AvgIpc) is 2.83. The zero-order valence-corrected chi connectivity index (χ0v) is 21.7. The Balaban J connectivity index is 1.94. The summed E-state index contributed by atoms with van der Waals surface area (Å²) in [6.07, 6.45) is 19.2. The first-order valence-corrected chi connectivity index (χ1v) is 13.9. The molecule has 2 unspecified atom stereocenters. The van der Waals surface area contributed by atoms with E-state index in [9.17, 15) is 10.2 Å². The summed E-state index contributed by atoms with van der Waals surface area (Å²) in [5, 5.41) is 18.4. The summed E-state index contributed by atoms with van der Waals surface area (Å²) in [6, 6.07) is 6.78. The number of hydrogen-bond donors (Lipinski definition) is 2. The van der Waals surface area contributed by atoms with E-state index in [-0.39, 0.29) is 24.7 Å². The van der Waals surface area contributed by atoms with Crippen LogP contribution in [0, 0.1) is 12.8 Å². The van der Waals surface area contributed by atoms with E-state index in [1.54, 1.807) is 5.57 Å². The average molecular weight is 473 g/mol. The standard InChI is InChI=1S/C30H48O4/c1-24-22-26(12-14-28(24)33-20-18-31)30(16-10-8-6-4-3-5-7-9-11-17-30)27-13-15-29(25(2)23-27)34-21-19-32/h12-14,22,25,29,31-32H,3-11,15-21,23H2,1-2H3. The van der Waals surface area contributed by atoms with Crippen molar-refractivity contribution in [2.75, 3.05) is 26.4 Å². The third-order valence-electron chi connectivity index (χ3n) is 8.09. The van der Waals surface area contributed by atoms with E-state index in [0.29, 0.717) is 19.1 Å². The van der Waals surface area contributed by atoms with Crippen LogP contribution in [0.3, 0.4) is 0 Å². The second-order valence-electron chi connectivity index (χ2n) is 10.6. The van der Waals surface area contributed by atoms with Crippen molar-refractivity contribution in [3.8, 4) is 5.75 Å². The Morgan fingerprint density at radius 3 is 2.06 bits per heavy atom. The quantitative estimate of drug-likeness (QED) is 0.416. The number of allylic oxidation sites excluding steroid dienone is 1. The maximum Gasteiger partial charge on any atom is 0.122 e. The van der Waals surface area contributed by atoms with Crippen LogP contribution in [0.25, 0.3) is 0 Å². The third-order valence-corrected chi connectivity index (χ3v) is 8.09. The molecule has 0 spiro atoms. The van der Waals surface area contributed by atoms with Crippen LogP contribution in [0.2, 0.25) is 0 Å². The number of hydrogen-bond acceptors (Lipinski definition) is 4. The molecule has 192 valence electrons. The van der Waals surface area contributed by atoms with Gasteiger partial charge in [0.05, 0.1) is 25.9 Å². The number of aliphatic hydroxyl groups excluding tert-OH is 2. The van der Waals surface area contributed by atoms with E-state index >= 15 is 0 Å². The van der Waals surface area contributed by atoms with E-state index in [0.717, 1.165) is 24.2 Å². The first kappa shape index (κ1) is 27.2. The SMILES string of the molecule is Cc1cc(C2(C3=CCC(OCCO)C(C)C3)CCCCCCCCCCC2)ccc1OCCO. The Morgan fingerprint density at radius 1 is 0.882 bits per heavy atom. The predicted octanol–water partition coefficient (Wildman–Crippen LogP) is 6.64. The minimum absolute atomic E-state index is 0.0371. The third kappa shape index (κ3) is 7.32. The normalized spacial score (nSPS) is 24.5. The highest BCUT2D eigenvalue weighted by atomic mass is 16.5. The van der Waals surface area contributed by atoms with Crippen molar-refractivity contribution >= 4 is 0 Å². The van der Waals surface area contributed by atoms with Crippen molar-refractivity contribution in [2.24, 2.45) is 5.92 Å². The van der Waals surface area contributed by atoms with Gasteiger partial charge in [-0.3, -0.25) is 0 Å². The Bertz CT molecular complexity index is 744. The van der Waals surface area contributed by atoms with E-state index in [4.69, 9.17) is 9.47 Å². The molecule has 2 N–H and O–H groups in total. The lowest BCUT2D eigenvalue weighted by Gasteiger charge is -2.42. The summed E-state index contributed by atoms with van der Waals surface area (Å²) in [4.78, 5) is 0. The lowest BCUT2D eigenvalue weighted by atomic mass is 9.63. The smallest absolute Gasteiger partial charge is 0.122 e. The summed E-state index contributed by atoms with van der Waals surface area (Å²) in [5.41, 5.74) is 4.27.